The number of fused-ring (bicyclic) bond motifs is 2. The second-order valence-corrected chi connectivity index (χ2v) is 9.16. The third-order valence-corrected chi connectivity index (χ3v) is 6.58. The third kappa shape index (κ3) is 3.30. The summed E-state index contributed by atoms with van der Waals surface area (Å²) < 4.78 is 0. The van der Waals surface area contributed by atoms with Gasteiger partial charge in [0.2, 0.25) is 0 Å². The Bertz CT molecular complexity index is 1090. The van der Waals surface area contributed by atoms with Gasteiger partial charge < -0.3 is 10.2 Å². The van der Waals surface area contributed by atoms with Crippen LogP contribution in [0.3, 0.4) is 0 Å². The highest BCUT2D eigenvalue weighted by atomic mass is 16.2. The lowest BCUT2D eigenvalue weighted by Crippen LogP contribution is -2.51. The van der Waals surface area contributed by atoms with E-state index in [0.717, 1.165) is 6.42 Å². The first-order chi connectivity index (χ1) is 14.7. The lowest BCUT2D eigenvalue weighted by atomic mass is 9.79. The van der Waals surface area contributed by atoms with Crippen molar-refractivity contribution in [1.29, 1.82) is 0 Å². The van der Waals surface area contributed by atoms with Crippen molar-refractivity contribution in [1.82, 2.24) is 9.88 Å². The van der Waals surface area contributed by atoms with Gasteiger partial charge in [0.25, 0.3) is 11.8 Å². The first-order valence-corrected chi connectivity index (χ1v) is 10.8. The SMILES string of the molecule is C=Cc1c(NC)ncc2c1C(=O)N(CCN1c3cc(C)ccc3C(C)CC1(C)C)C2=O. The molecule has 0 spiro atoms. The summed E-state index contributed by atoms with van der Waals surface area (Å²) in [6.07, 6.45) is 4.08. The largest absolute Gasteiger partial charge is 0.373 e. The average molecular weight is 419 g/mol. The number of aromatic nitrogens is 1. The van der Waals surface area contributed by atoms with Gasteiger partial charge in [-0.25, -0.2) is 4.98 Å². The maximum atomic E-state index is 13.2. The van der Waals surface area contributed by atoms with Crippen molar-refractivity contribution >= 4 is 29.4 Å². The van der Waals surface area contributed by atoms with Crippen LogP contribution in [0.1, 0.15) is 70.5 Å². The molecule has 2 aromatic rings. The molecule has 0 aliphatic carbocycles. The number of benzene rings is 1. The molecular weight excluding hydrogens is 388 g/mol. The number of anilines is 2. The van der Waals surface area contributed by atoms with Crippen LogP contribution in [0.2, 0.25) is 0 Å². The van der Waals surface area contributed by atoms with Gasteiger partial charge in [-0.3, -0.25) is 14.5 Å². The summed E-state index contributed by atoms with van der Waals surface area (Å²) >= 11 is 0. The second-order valence-electron chi connectivity index (χ2n) is 9.16. The van der Waals surface area contributed by atoms with Crippen molar-refractivity contribution in [3.63, 3.8) is 0 Å². The van der Waals surface area contributed by atoms with Gasteiger partial charge in [0.15, 0.2) is 0 Å². The van der Waals surface area contributed by atoms with E-state index >= 15 is 0 Å². The van der Waals surface area contributed by atoms with Crippen LogP contribution < -0.4 is 10.2 Å². The van der Waals surface area contributed by atoms with Crippen LogP contribution in [0.25, 0.3) is 6.08 Å². The zero-order chi connectivity index (χ0) is 22.5. The first kappa shape index (κ1) is 21.1. The predicted molar refractivity (Wildman–Crippen MR) is 125 cm³/mol. The molecule has 0 saturated heterocycles. The monoisotopic (exact) mass is 418 g/mol. The molecule has 0 bridgehead atoms. The molecule has 0 radical (unpaired) electrons. The highest BCUT2D eigenvalue weighted by Gasteiger charge is 2.41. The fourth-order valence-electron chi connectivity index (χ4n) is 5.12. The number of amides is 2. The number of hydrogen-bond acceptors (Lipinski definition) is 5. The first-order valence-electron chi connectivity index (χ1n) is 10.8. The van der Waals surface area contributed by atoms with Gasteiger partial charge >= 0.3 is 0 Å². The molecule has 2 aliphatic heterocycles. The van der Waals surface area contributed by atoms with E-state index in [1.165, 1.54) is 27.9 Å². The number of nitrogens with zero attached hydrogens (tertiary/aromatic N) is 3. The van der Waals surface area contributed by atoms with Crippen molar-refractivity contribution < 1.29 is 9.59 Å². The normalized spacial score (nSPS) is 19.3. The fraction of sp³-hybridized carbons (Fsp3) is 0.400. The summed E-state index contributed by atoms with van der Waals surface area (Å²) in [6, 6.07) is 6.58. The van der Waals surface area contributed by atoms with Crippen LogP contribution in [-0.2, 0) is 0 Å². The van der Waals surface area contributed by atoms with Gasteiger partial charge in [0.1, 0.15) is 5.82 Å². The molecule has 1 aromatic heterocycles. The molecule has 0 fully saturated rings. The van der Waals surface area contributed by atoms with E-state index < -0.39 is 0 Å². The Labute approximate surface area is 184 Å². The molecule has 1 aromatic carbocycles. The van der Waals surface area contributed by atoms with Crippen LogP contribution in [0.5, 0.6) is 0 Å². The van der Waals surface area contributed by atoms with Crippen molar-refractivity contribution in [3.8, 4) is 0 Å². The average Bonchev–Trinajstić information content (AvgIpc) is 2.96. The fourth-order valence-corrected chi connectivity index (χ4v) is 5.12. The van der Waals surface area contributed by atoms with E-state index in [1.807, 2.05) is 0 Å². The van der Waals surface area contributed by atoms with E-state index in [-0.39, 0.29) is 17.4 Å². The number of imide groups is 1. The molecule has 1 N–H and O–H groups in total. The second kappa shape index (κ2) is 7.52. The van der Waals surface area contributed by atoms with E-state index in [1.54, 1.807) is 13.1 Å². The Hall–Kier alpha value is -3.15. The number of rotatable bonds is 5. The minimum Gasteiger partial charge on any atom is -0.373 e. The molecule has 3 heterocycles. The van der Waals surface area contributed by atoms with E-state index in [9.17, 15) is 9.59 Å². The number of carbonyl (C=O) groups is 2. The molecule has 1 atom stereocenters. The summed E-state index contributed by atoms with van der Waals surface area (Å²) in [5, 5.41) is 2.97. The molecule has 162 valence electrons. The molecule has 0 saturated carbocycles. The van der Waals surface area contributed by atoms with Crippen molar-refractivity contribution in [2.24, 2.45) is 0 Å². The Morgan fingerprint density at radius 3 is 2.68 bits per heavy atom. The van der Waals surface area contributed by atoms with Crippen LogP contribution in [-0.4, -0.2) is 47.4 Å². The minimum absolute atomic E-state index is 0.0774. The van der Waals surface area contributed by atoms with Crippen LogP contribution in [0.4, 0.5) is 11.5 Å². The number of aryl methyl sites for hydroxylation is 1. The highest BCUT2D eigenvalue weighted by molar-refractivity contribution is 6.23. The maximum absolute atomic E-state index is 13.2. The van der Waals surface area contributed by atoms with Gasteiger partial charge in [0, 0.05) is 43.1 Å². The Kier molecular flexibility index (Phi) is 5.12. The van der Waals surface area contributed by atoms with Gasteiger partial charge in [-0.1, -0.05) is 31.7 Å². The molecule has 4 rings (SSSR count). The molecule has 2 amide bonds. The van der Waals surface area contributed by atoms with Crippen molar-refractivity contribution in [2.45, 2.75) is 45.6 Å². The van der Waals surface area contributed by atoms with Gasteiger partial charge in [-0.15, -0.1) is 0 Å². The van der Waals surface area contributed by atoms with Gasteiger partial charge in [0.05, 0.1) is 11.1 Å². The summed E-state index contributed by atoms with van der Waals surface area (Å²) in [5.41, 5.74) is 4.97. The van der Waals surface area contributed by atoms with Crippen LogP contribution in [0, 0.1) is 6.92 Å². The standard InChI is InChI=1S/C25H30N4O2/c1-7-17-21-19(14-27-22(17)26-6)23(30)28(24(21)31)10-11-29-20-12-15(2)8-9-18(20)16(3)13-25(29,4)5/h7-9,12,14,16H,1,10-11,13H2,2-6H3,(H,26,27). The Morgan fingerprint density at radius 1 is 1.26 bits per heavy atom. The van der Waals surface area contributed by atoms with Crippen LogP contribution in [0.15, 0.2) is 31.0 Å². The van der Waals surface area contributed by atoms with Gasteiger partial charge in [-0.2, -0.15) is 0 Å². The Balaban J connectivity index is 1.65. The lowest BCUT2D eigenvalue weighted by molar-refractivity contribution is 0.0655. The number of carbonyl (C=O) groups excluding carboxylic acids is 2. The van der Waals surface area contributed by atoms with Crippen molar-refractivity contribution in [3.05, 3.63) is 58.8 Å². The van der Waals surface area contributed by atoms with E-state index in [2.05, 4.69) is 67.7 Å². The molecule has 31 heavy (non-hydrogen) atoms. The Morgan fingerprint density at radius 2 is 2.00 bits per heavy atom. The summed E-state index contributed by atoms with van der Waals surface area (Å²) in [6.45, 7) is 13.5. The lowest BCUT2D eigenvalue weighted by Gasteiger charge is -2.48. The topological polar surface area (TPSA) is 65.5 Å². The summed E-state index contributed by atoms with van der Waals surface area (Å²) in [5.74, 6) is 0.446. The van der Waals surface area contributed by atoms with Crippen LogP contribution >= 0.6 is 0 Å². The molecule has 2 aliphatic rings. The molecule has 6 heteroatoms. The maximum Gasteiger partial charge on any atom is 0.263 e. The van der Waals surface area contributed by atoms with Gasteiger partial charge in [-0.05, 0) is 50.3 Å². The summed E-state index contributed by atoms with van der Waals surface area (Å²) in [4.78, 5) is 34.3. The smallest absolute Gasteiger partial charge is 0.263 e. The number of hydrogen-bond donors (Lipinski definition) is 1. The van der Waals surface area contributed by atoms with Crippen molar-refractivity contribution in [2.75, 3.05) is 30.4 Å². The summed E-state index contributed by atoms with van der Waals surface area (Å²) in [7, 11) is 1.74. The molecular formula is C25H30N4O2. The zero-order valence-corrected chi connectivity index (χ0v) is 19.0. The van der Waals surface area contributed by atoms with E-state index in [4.69, 9.17) is 0 Å². The highest BCUT2D eigenvalue weighted by Crippen LogP contribution is 2.43. The molecule has 6 nitrogen and oxygen atoms in total. The third-order valence-electron chi connectivity index (χ3n) is 6.58. The minimum atomic E-state index is -0.286. The number of nitrogens with one attached hydrogen (secondary N) is 1. The molecule has 1 unspecified atom stereocenters. The predicted octanol–water partition coefficient (Wildman–Crippen LogP) is 4.46. The number of pyridine rings is 1. The van der Waals surface area contributed by atoms with E-state index in [0.29, 0.717) is 41.5 Å². The zero-order valence-electron chi connectivity index (χ0n) is 19.0. The quantitative estimate of drug-likeness (QED) is 0.726.